The predicted octanol–water partition coefficient (Wildman–Crippen LogP) is 1.13. The summed E-state index contributed by atoms with van der Waals surface area (Å²) in [6.45, 7) is 0. The molecule has 1 heterocycles. The largest absolute Gasteiger partial charge is 0.465 e. The maximum absolute atomic E-state index is 11.7. The molecule has 2 rings (SSSR count). The summed E-state index contributed by atoms with van der Waals surface area (Å²) in [6, 6.07) is 2.86. The molecule has 0 aliphatic heterocycles. The summed E-state index contributed by atoms with van der Waals surface area (Å²) in [7, 11) is 1.07. The highest BCUT2D eigenvalue weighted by Crippen LogP contribution is 2.30. The smallest absolute Gasteiger partial charge is 0.348 e. The van der Waals surface area contributed by atoms with Crippen LogP contribution in [0.2, 0.25) is 0 Å². The van der Waals surface area contributed by atoms with Crippen LogP contribution in [0.15, 0.2) is 23.0 Å². The Kier molecular flexibility index (Phi) is 3.36. The lowest BCUT2D eigenvalue weighted by molar-refractivity contribution is -0.422. The first-order valence-electron chi connectivity index (χ1n) is 5.43. The summed E-state index contributed by atoms with van der Waals surface area (Å²) >= 11 is 0. The third kappa shape index (κ3) is 2.41. The highest BCUT2D eigenvalue weighted by Gasteiger charge is 2.26. The first-order chi connectivity index (χ1) is 9.85. The maximum atomic E-state index is 11.7. The average molecular weight is 293 g/mol. The standard InChI is InChI=1S/C11H7N3O7/c1-21-11(16)6-2-5-3-8(13(17)18)9(14(19)20)4-7(5)12-10(6)15/h2-4H,1H3,(H,12,15). The minimum atomic E-state index is -0.926. The zero-order valence-corrected chi connectivity index (χ0v) is 10.5. The second kappa shape index (κ2) is 5.00. The normalized spacial score (nSPS) is 10.3. The minimum Gasteiger partial charge on any atom is -0.465 e. The van der Waals surface area contributed by atoms with E-state index in [-0.39, 0.29) is 16.5 Å². The molecule has 0 saturated carbocycles. The number of rotatable bonds is 3. The van der Waals surface area contributed by atoms with Crippen molar-refractivity contribution in [2.24, 2.45) is 0 Å². The van der Waals surface area contributed by atoms with Crippen LogP contribution in [0.3, 0.4) is 0 Å². The highest BCUT2D eigenvalue weighted by molar-refractivity contribution is 5.95. The lowest BCUT2D eigenvalue weighted by atomic mass is 10.1. The topological polar surface area (TPSA) is 145 Å². The molecular formula is C11H7N3O7. The quantitative estimate of drug-likeness (QED) is 0.507. The molecule has 1 N–H and O–H groups in total. The molecule has 108 valence electrons. The molecule has 0 atom stereocenters. The molecule has 0 aliphatic rings. The number of esters is 1. The zero-order chi connectivity index (χ0) is 15.7. The number of fused-ring (bicyclic) bond motifs is 1. The number of hydrogen-bond acceptors (Lipinski definition) is 7. The maximum Gasteiger partial charge on any atom is 0.348 e. The highest BCUT2D eigenvalue weighted by atomic mass is 16.6. The van der Waals surface area contributed by atoms with E-state index >= 15 is 0 Å². The van der Waals surface area contributed by atoms with E-state index in [0.29, 0.717) is 0 Å². The van der Waals surface area contributed by atoms with Gasteiger partial charge >= 0.3 is 17.3 Å². The zero-order valence-electron chi connectivity index (χ0n) is 10.5. The molecule has 10 nitrogen and oxygen atoms in total. The Morgan fingerprint density at radius 1 is 1.14 bits per heavy atom. The van der Waals surface area contributed by atoms with Crippen LogP contribution in [0.4, 0.5) is 11.4 Å². The molecule has 0 spiro atoms. The molecule has 21 heavy (non-hydrogen) atoms. The third-order valence-electron chi connectivity index (χ3n) is 2.74. The van der Waals surface area contributed by atoms with Crippen molar-refractivity contribution >= 4 is 28.2 Å². The van der Waals surface area contributed by atoms with Gasteiger partial charge in [-0.3, -0.25) is 25.0 Å². The Bertz CT molecular complexity index is 840. The summed E-state index contributed by atoms with van der Waals surface area (Å²) < 4.78 is 4.40. The fraction of sp³-hybridized carbons (Fsp3) is 0.0909. The first kappa shape index (κ1) is 14.1. The molecule has 2 aromatic rings. The van der Waals surface area contributed by atoms with Crippen molar-refractivity contribution in [1.82, 2.24) is 4.98 Å². The molecule has 0 amide bonds. The third-order valence-corrected chi connectivity index (χ3v) is 2.74. The van der Waals surface area contributed by atoms with E-state index in [4.69, 9.17) is 0 Å². The SMILES string of the molecule is COC(=O)c1cc2cc([N+](=O)[O-])c([N+](=O)[O-])cc2[nH]c1=O. The summed E-state index contributed by atoms with van der Waals surface area (Å²) in [6.07, 6.45) is 0. The first-order valence-corrected chi connectivity index (χ1v) is 5.43. The van der Waals surface area contributed by atoms with Gasteiger partial charge in [0.1, 0.15) is 5.56 Å². The summed E-state index contributed by atoms with van der Waals surface area (Å²) in [5.74, 6) is -0.917. The molecule has 0 saturated heterocycles. The fourth-order valence-electron chi connectivity index (χ4n) is 1.79. The average Bonchev–Trinajstić information content (AvgIpc) is 2.44. The van der Waals surface area contributed by atoms with Gasteiger partial charge in [-0.1, -0.05) is 0 Å². The number of carbonyl (C=O) groups excluding carboxylic acids is 1. The number of methoxy groups -OCH3 is 1. The van der Waals surface area contributed by atoms with Crippen LogP contribution in [0, 0.1) is 20.2 Å². The van der Waals surface area contributed by atoms with Crippen LogP contribution in [0.5, 0.6) is 0 Å². The van der Waals surface area contributed by atoms with E-state index in [2.05, 4.69) is 9.72 Å². The molecule has 1 aromatic heterocycles. The lowest BCUT2D eigenvalue weighted by Crippen LogP contribution is -2.18. The van der Waals surface area contributed by atoms with E-state index in [1.54, 1.807) is 0 Å². The van der Waals surface area contributed by atoms with Gasteiger partial charge in [0.25, 0.3) is 5.56 Å². The lowest BCUT2D eigenvalue weighted by Gasteiger charge is -2.02. The van der Waals surface area contributed by atoms with Crippen LogP contribution >= 0.6 is 0 Å². The number of H-pyrrole nitrogens is 1. The van der Waals surface area contributed by atoms with E-state index < -0.39 is 32.7 Å². The van der Waals surface area contributed by atoms with Gasteiger partial charge in [0.05, 0.1) is 22.5 Å². The molecular weight excluding hydrogens is 286 g/mol. The number of hydrogen-bond donors (Lipinski definition) is 1. The number of ether oxygens (including phenoxy) is 1. The number of nitro benzene ring substituents is 2. The van der Waals surface area contributed by atoms with Crippen LogP contribution in [-0.2, 0) is 4.74 Å². The Labute approximate surface area is 115 Å². The van der Waals surface area contributed by atoms with Crippen LogP contribution in [-0.4, -0.2) is 27.9 Å². The van der Waals surface area contributed by atoms with Crippen molar-refractivity contribution in [3.8, 4) is 0 Å². The Morgan fingerprint density at radius 2 is 1.71 bits per heavy atom. The number of nitrogens with zero attached hydrogens (tertiary/aromatic N) is 2. The molecule has 0 fully saturated rings. The van der Waals surface area contributed by atoms with E-state index in [1.807, 2.05) is 0 Å². The molecule has 0 aliphatic carbocycles. The van der Waals surface area contributed by atoms with Crippen LogP contribution < -0.4 is 5.56 Å². The van der Waals surface area contributed by atoms with Crippen molar-refractivity contribution < 1.29 is 19.4 Å². The van der Waals surface area contributed by atoms with Gasteiger partial charge in [-0.15, -0.1) is 0 Å². The van der Waals surface area contributed by atoms with Gasteiger partial charge in [0.2, 0.25) is 0 Å². The van der Waals surface area contributed by atoms with Crippen LogP contribution in [0.25, 0.3) is 10.9 Å². The number of nitrogens with one attached hydrogen (secondary N) is 1. The fourth-order valence-corrected chi connectivity index (χ4v) is 1.79. The predicted molar refractivity (Wildman–Crippen MR) is 69.2 cm³/mol. The summed E-state index contributed by atoms with van der Waals surface area (Å²) in [5.41, 5.74) is -2.65. The Balaban J connectivity index is 2.83. The molecule has 0 bridgehead atoms. The number of aromatic amines is 1. The van der Waals surface area contributed by atoms with Crippen molar-refractivity contribution in [1.29, 1.82) is 0 Å². The second-order valence-corrected chi connectivity index (χ2v) is 3.95. The number of carbonyl (C=O) groups is 1. The Morgan fingerprint density at radius 3 is 2.24 bits per heavy atom. The number of benzene rings is 1. The second-order valence-electron chi connectivity index (χ2n) is 3.95. The van der Waals surface area contributed by atoms with Gasteiger partial charge in [0, 0.05) is 17.5 Å². The van der Waals surface area contributed by atoms with Gasteiger partial charge in [-0.05, 0) is 6.07 Å². The van der Waals surface area contributed by atoms with Crippen LogP contribution in [0.1, 0.15) is 10.4 Å². The van der Waals surface area contributed by atoms with Gasteiger partial charge in [-0.25, -0.2) is 4.79 Å². The molecule has 10 heteroatoms. The number of nitro groups is 2. The van der Waals surface area contributed by atoms with Gasteiger partial charge < -0.3 is 9.72 Å². The monoisotopic (exact) mass is 293 g/mol. The van der Waals surface area contributed by atoms with Crippen molar-refractivity contribution in [2.75, 3.05) is 7.11 Å². The minimum absolute atomic E-state index is 0.00459. The van der Waals surface area contributed by atoms with E-state index in [1.165, 1.54) is 0 Å². The number of aromatic nitrogens is 1. The van der Waals surface area contributed by atoms with Crippen molar-refractivity contribution in [2.45, 2.75) is 0 Å². The van der Waals surface area contributed by atoms with Crippen molar-refractivity contribution in [3.05, 3.63) is 54.3 Å². The number of pyridine rings is 1. The Hall–Kier alpha value is -3.30. The summed E-state index contributed by atoms with van der Waals surface area (Å²) in [5, 5.41) is 21.8. The molecule has 0 unspecified atom stereocenters. The van der Waals surface area contributed by atoms with Gasteiger partial charge in [0.15, 0.2) is 0 Å². The van der Waals surface area contributed by atoms with E-state index in [0.717, 1.165) is 25.3 Å². The molecule has 0 radical (unpaired) electrons. The van der Waals surface area contributed by atoms with E-state index in [9.17, 15) is 29.8 Å². The molecule has 1 aromatic carbocycles. The summed E-state index contributed by atoms with van der Waals surface area (Å²) in [4.78, 5) is 45.1. The van der Waals surface area contributed by atoms with Gasteiger partial charge in [-0.2, -0.15) is 0 Å². The van der Waals surface area contributed by atoms with Crippen molar-refractivity contribution in [3.63, 3.8) is 0 Å².